The third-order valence-electron chi connectivity index (χ3n) is 6.14. The van der Waals surface area contributed by atoms with Gasteiger partial charge in [-0.15, -0.1) is 0 Å². The van der Waals surface area contributed by atoms with Gasteiger partial charge in [0.2, 0.25) is 10.0 Å². The average molecular weight is 440 g/mol. The molecule has 1 aliphatic heterocycles. The van der Waals surface area contributed by atoms with Crippen LogP contribution in [-0.2, 0) is 23.5 Å². The molecule has 2 aromatic carbocycles. The second kappa shape index (κ2) is 8.85. The summed E-state index contributed by atoms with van der Waals surface area (Å²) in [6.07, 6.45) is 3.64. The van der Waals surface area contributed by atoms with Crippen molar-refractivity contribution in [1.82, 2.24) is 14.2 Å². The second-order valence-corrected chi connectivity index (χ2v) is 10.1. The summed E-state index contributed by atoms with van der Waals surface area (Å²) in [5, 5.41) is 3.74. The number of rotatable bonds is 6. The summed E-state index contributed by atoms with van der Waals surface area (Å²) in [6, 6.07) is 15.0. The van der Waals surface area contributed by atoms with Crippen LogP contribution in [0.1, 0.15) is 40.9 Å². The first kappa shape index (κ1) is 21.6. The minimum Gasteiger partial charge on any atom is -0.350 e. The highest BCUT2D eigenvalue weighted by atomic mass is 32.2. The number of hydrogen-bond donors (Lipinski definition) is 1. The molecule has 0 unspecified atom stereocenters. The Kier molecular flexibility index (Phi) is 6.16. The van der Waals surface area contributed by atoms with Gasteiger partial charge in [0, 0.05) is 37.6 Å². The zero-order valence-corrected chi connectivity index (χ0v) is 18.9. The Morgan fingerprint density at radius 2 is 1.77 bits per heavy atom. The number of hydrogen-bond acceptors (Lipinski definition) is 3. The topological polar surface area (TPSA) is 71.4 Å². The summed E-state index contributed by atoms with van der Waals surface area (Å²) >= 11 is 0. The smallest absolute Gasteiger partial charge is 0.267 e. The van der Waals surface area contributed by atoms with Gasteiger partial charge in [-0.25, -0.2) is 8.42 Å². The lowest BCUT2D eigenvalue weighted by Gasteiger charge is -2.25. The van der Waals surface area contributed by atoms with Crippen LogP contribution >= 0.6 is 0 Å². The molecule has 0 aliphatic carbocycles. The van der Waals surface area contributed by atoms with Crippen molar-refractivity contribution in [2.45, 2.75) is 37.5 Å². The zero-order valence-electron chi connectivity index (χ0n) is 18.1. The number of nitrogens with one attached hydrogen (secondary N) is 1. The van der Waals surface area contributed by atoms with Crippen LogP contribution in [0.5, 0.6) is 0 Å². The number of fused-ring (bicyclic) bond motifs is 1. The fraction of sp³-hybridized carbons (Fsp3) is 0.375. The Hall–Kier alpha value is -2.64. The molecule has 1 fully saturated rings. The van der Waals surface area contributed by atoms with Gasteiger partial charge >= 0.3 is 0 Å². The van der Waals surface area contributed by atoms with E-state index in [1.165, 1.54) is 11.1 Å². The maximum atomic E-state index is 13.0. The van der Waals surface area contributed by atoms with Crippen LogP contribution in [0.2, 0.25) is 0 Å². The maximum absolute atomic E-state index is 13.0. The largest absolute Gasteiger partial charge is 0.350 e. The lowest BCUT2D eigenvalue weighted by atomic mass is 10.1. The number of aryl methyl sites for hydroxylation is 2. The van der Waals surface area contributed by atoms with E-state index in [1.54, 1.807) is 28.6 Å². The summed E-state index contributed by atoms with van der Waals surface area (Å²) < 4.78 is 29.4. The number of aromatic nitrogens is 1. The van der Waals surface area contributed by atoms with Crippen molar-refractivity contribution in [3.63, 3.8) is 0 Å². The summed E-state index contributed by atoms with van der Waals surface area (Å²) in [7, 11) is -1.67. The van der Waals surface area contributed by atoms with E-state index in [1.807, 2.05) is 23.7 Å². The number of amides is 1. The molecule has 0 saturated carbocycles. The molecular weight excluding hydrogens is 410 g/mol. The first-order chi connectivity index (χ1) is 14.9. The molecule has 6 nitrogen and oxygen atoms in total. The zero-order chi connectivity index (χ0) is 22.0. The number of benzene rings is 2. The van der Waals surface area contributed by atoms with E-state index in [-0.39, 0.29) is 5.91 Å². The van der Waals surface area contributed by atoms with Crippen LogP contribution in [0.3, 0.4) is 0 Å². The Balaban J connectivity index is 1.52. The number of piperidine rings is 1. The van der Waals surface area contributed by atoms with Crippen molar-refractivity contribution in [3.8, 4) is 0 Å². The summed E-state index contributed by atoms with van der Waals surface area (Å²) in [5.74, 6) is -0.160. The minimum atomic E-state index is -3.50. The van der Waals surface area contributed by atoms with Gasteiger partial charge in [-0.2, -0.15) is 4.31 Å². The van der Waals surface area contributed by atoms with Crippen molar-refractivity contribution in [2.75, 3.05) is 19.6 Å². The van der Waals surface area contributed by atoms with Crippen molar-refractivity contribution >= 4 is 26.8 Å². The molecule has 1 saturated heterocycles. The second-order valence-electron chi connectivity index (χ2n) is 8.21. The van der Waals surface area contributed by atoms with Crippen LogP contribution in [0.25, 0.3) is 10.9 Å². The highest BCUT2D eigenvalue weighted by Gasteiger charge is 2.26. The number of carbonyl (C=O) groups excluding carboxylic acids is 1. The molecule has 0 radical (unpaired) electrons. The van der Waals surface area contributed by atoms with Crippen LogP contribution < -0.4 is 5.32 Å². The molecule has 1 N–H and O–H groups in total. The molecule has 1 amide bonds. The van der Waals surface area contributed by atoms with Gasteiger partial charge in [0.15, 0.2) is 0 Å². The van der Waals surface area contributed by atoms with E-state index in [9.17, 15) is 13.2 Å². The fourth-order valence-corrected chi connectivity index (χ4v) is 5.81. The predicted molar refractivity (Wildman–Crippen MR) is 123 cm³/mol. The monoisotopic (exact) mass is 439 g/mol. The van der Waals surface area contributed by atoms with Crippen molar-refractivity contribution in [2.24, 2.45) is 7.05 Å². The van der Waals surface area contributed by atoms with Gasteiger partial charge < -0.3 is 9.88 Å². The molecule has 7 heteroatoms. The number of sulfonamides is 1. The van der Waals surface area contributed by atoms with Crippen molar-refractivity contribution < 1.29 is 13.2 Å². The highest BCUT2D eigenvalue weighted by molar-refractivity contribution is 7.89. The normalized spacial score (nSPS) is 15.3. The molecule has 1 aliphatic rings. The summed E-state index contributed by atoms with van der Waals surface area (Å²) in [6.45, 7) is 3.75. The van der Waals surface area contributed by atoms with Gasteiger partial charge in [0.25, 0.3) is 5.91 Å². The lowest BCUT2D eigenvalue weighted by Crippen LogP contribution is -2.35. The van der Waals surface area contributed by atoms with Crippen LogP contribution in [0.4, 0.5) is 0 Å². The molecule has 1 aromatic heterocycles. The molecule has 0 spiro atoms. The van der Waals surface area contributed by atoms with Gasteiger partial charge in [-0.1, -0.05) is 30.7 Å². The fourth-order valence-electron chi connectivity index (χ4n) is 4.25. The Labute approximate surface area is 183 Å². The predicted octanol–water partition coefficient (Wildman–Crippen LogP) is 3.63. The van der Waals surface area contributed by atoms with E-state index in [0.29, 0.717) is 30.2 Å². The van der Waals surface area contributed by atoms with Crippen LogP contribution in [0, 0.1) is 6.92 Å². The summed E-state index contributed by atoms with van der Waals surface area (Å²) in [4.78, 5) is 13.1. The third-order valence-corrected chi connectivity index (χ3v) is 8.04. The molecule has 2 heterocycles. The molecular formula is C24H29N3O3S. The molecule has 31 heavy (non-hydrogen) atoms. The number of nitrogens with zero attached hydrogens (tertiary/aromatic N) is 2. The average Bonchev–Trinajstić information content (AvgIpc) is 3.11. The molecule has 164 valence electrons. The van der Waals surface area contributed by atoms with Crippen molar-refractivity contribution in [1.29, 1.82) is 0 Å². The third kappa shape index (κ3) is 4.38. The van der Waals surface area contributed by atoms with Gasteiger partial charge in [-0.3, -0.25) is 4.79 Å². The minimum absolute atomic E-state index is 0.160. The first-order valence-corrected chi connectivity index (χ1v) is 12.2. The van der Waals surface area contributed by atoms with Crippen molar-refractivity contribution in [3.05, 3.63) is 65.4 Å². The molecule has 0 bridgehead atoms. The highest BCUT2D eigenvalue weighted by Crippen LogP contribution is 2.26. The molecule has 3 aromatic rings. The van der Waals surface area contributed by atoms with Crippen LogP contribution in [0.15, 0.2) is 53.4 Å². The van der Waals surface area contributed by atoms with E-state index in [0.717, 1.165) is 36.6 Å². The molecule has 0 atom stereocenters. The van der Waals surface area contributed by atoms with Gasteiger partial charge in [0.05, 0.1) is 4.90 Å². The van der Waals surface area contributed by atoms with E-state index < -0.39 is 10.0 Å². The van der Waals surface area contributed by atoms with Gasteiger partial charge in [-0.05, 0) is 61.6 Å². The Morgan fingerprint density at radius 1 is 1.03 bits per heavy atom. The SMILES string of the molecule is Cc1ccccc1CCNC(=O)c1cc2cc(S(=O)(=O)N3CCCCC3)ccc2n1C. The number of carbonyl (C=O) groups is 1. The van der Waals surface area contributed by atoms with E-state index >= 15 is 0 Å². The first-order valence-electron chi connectivity index (χ1n) is 10.8. The van der Waals surface area contributed by atoms with Gasteiger partial charge in [0.1, 0.15) is 5.69 Å². The molecule has 4 rings (SSSR count). The quantitative estimate of drug-likeness (QED) is 0.638. The van der Waals surface area contributed by atoms with Crippen LogP contribution in [-0.4, -0.2) is 42.8 Å². The van der Waals surface area contributed by atoms with E-state index in [2.05, 4.69) is 24.4 Å². The summed E-state index contributed by atoms with van der Waals surface area (Å²) in [5.41, 5.74) is 3.78. The van der Waals surface area contributed by atoms with E-state index in [4.69, 9.17) is 0 Å². The maximum Gasteiger partial charge on any atom is 0.267 e. The Bertz CT molecular complexity index is 1210. The Morgan fingerprint density at radius 3 is 2.52 bits per heavy atom. The lowest BCUT2D eigenvalue weighted by molar-refractivity contribution is 0.0946. The standard InChI is InChI=1S/C24H29N3O3S/c1-18-8-4-5-9-19(18)12-13-25-24(28)23-17-20-16-21(10-11-22(20)26(23)2)31(29,30)27-14-6-3-7-15-27/h4-5,8-11,16-17H,3,6-7,12-15H2,1-2H3,(H,25,28).